The average molecular weight is 406 g/mol. The van der Waals surface area contributed by atoms with Crippen molar-refractivity contribution in [3.8, 4) is 11.1 Å². The van der Waals surface area contributed by atoms with Crippen molar-refractivity contribution in [2.24, 2.45) is 0 Å². The van der Waals surface area contributed by atoms with Gasteiger partial charge in [-0.05, 0) is 65.1 Å². The van der Waals surface area contributed by atoms with E-state index >= 15 is 0 Å². The monoisotopic (exact) mass is 405 g/mol. The molecule has 3 N–H and O–H groups in total. The molecule has 0 fully saturated rings. The third-order valence-corrected chi connectivity index (χ3v) is 5.21. The average Bonchev–Trinajstić information content (AvgIpc) is 3.09. The summed E-state index contributed by atoms with van der Waals surface area (Å²) in [4.78, 5) is 24.3. The quantitative estimate of drug-likeness (QED) is 0.539. The molecule has 1 aliphatic rings. The fourth-order valence-electron chi connectivity index (χ4n) is 3.55. The Kier molecular flexibility index (Phi) is 5.23. The summed E-state index contributed by atoms with van der Waals surface area (Å²) in [5.41, 5.74) is 6.18. The molecule has 6 heteroatoms. The van der Waals surface area contributed by atoms with Crippen molar-refractivity contribution in [1.82, 2.24) is 5.32 Å². The first-order valence-corrected chi connectivity index (χ1v) is 9.80. The van der Waals surface area contributed by atoms with Gasteiger partial charge in [0.2, 0.25) is 0 Å². The number of urea groups is 1. The number of carbonyl (C=O) groups excluding carboxylic acids is 2. The molecule has 1 aliphatic heterocycles. The van der Waals surface area contributed by atoms with E-state index in [2.05, 4.69) is 22.0 Å². The number of rotatable bonds is 4. The van der Waals surface area contributed by atoms with Gasteiger partial charge in [0.15, 0.2) is 0 Å². The number of anilines is 2. The number of hydrogen-bond acceptors (Lipinski definition) is 2. The van der Waals surface area contributed by atoms with E-state index < -0.39 is 0 Å². The van der Waals surface area contributed by atoms with Crippen LogP contribution in [-0.4, -0.2) is 11.9 Å². The molecular weight excluding hydrogens is 386 g/mol. The molecule has 0 radical (unpaired) electrons. The number of benzene rings is 3. The Morgan fingerprint density at radius 3 is 2.62 bits per heavy atom. The van der Waals surface area contributed by atoms with Crippen LogP contribution in [0.2, 0.25) is 5.02 Å². The minimum Gasteiger partial charge on any atom is -0.348 e. The maximum atomic E-state index is 12.4. The van der Waals surface area contributed by atoms with Crippen molar-refractivity contribution in [3.05, 3.63) is 82.4 Å². The van der Waals surface area contributed by atoms with Gasteiger partial charge in [0, 0.05) is 28.5 Å². The van der Waals surface area contributed by atoms with Gasteiger partial charge in [-0.15, -0.1) is 0 Å². The van der Waals surface area contributed by atoms with Crippen LogP contribution in [0.4, 0.5) is 16.2 Å². The highest BCUT2D eigenvalue weighted by Gasteiger charge is 2.22. The first-order valence-electron chi connectivity index (χ1n) is 9.42. The number of carbonyl (C=O) groups is 2. The van der Waals surface area contributed by atoms with Gasteiger partial charge in [-0.3, -0.25) is 4.79 Å². The van der Waals surface area contributed by atoms with Crippen LogP contribution in [-0.2, 0) is 13.0 Å². The molecule has 1 heterocycles. The van der Waals surface area contributed by atoms with E-state index in [-0.39, 0.29) is 11.9 Å². The molecule has 0 unspecified atom stereocenters. The number of amides is 3. The zero-order valence-electron chi connectivity index (χ0n) is 15.9. The second-order valence-corrected chi connectivity index (χ2v) is 7.27. The number of fused-ring (bicyclic) bond motifs is 1. The minimum absolute atomic E-state index is 0.0338. The maximum Gasteiger partial charge on any atom is 0.323 e. The Labute approximate surface area is 174 Å². The Morgan fingerprint density at radius 1 is 1.03 bits per heavy atom. The molecule has 5 nitrogen and oxygen atoms in total. The van der Waals surface area contributed by atoms with Crippen molar-refractivity contribution in [2.45, 2.75) is 19.9 Å². The standard InChI is InChI=1S/C23H20ClN3O2/c1-2-14-11-15(18-7-4-8-19-20(18)13-25-22(19)28)9-10-21(14)27-23(29)26-17-6-3-5-16(24)12-17/h3-12H,2,13H2,1H3,(H,25,28)(H2,26,27,29). The van der Waals surface area contributed by atoms with Crippen molar-refractivity contribution in [3.63, 3.8) is 0 Å². The van der Waals surface area contributed by atoms with E-state index in [9.17, 15) is 9.59 Å². The molecule has 29 heavy (non-hydrogen) atoms. The molecule has 3 amide bonds. The zero-order chi connectivity index (χ0) is 20.4. The second-order valence-electron chi connectivity index (χ2n) is 6.83. The third-order valence-electron chi connectivity index (χ3n) is 4.97. The van der Waals surface area contributed by atoms with Crippen LogP contribution in [0.1, 0.15) is 28.4 Å². The molecule has 3 aromatic rings. The molecule has 146 valence electrons. The summed E-state index contributed by atoms with van der Waals surface area (Å²) in [6.45, 7) is 2.58. The Balaban J connectivity index is 1.58. The zero-order valence-corrected chi connectivity index (χ0v) is 16.6. The predicted octanol–water partition coefficient (Wildman–Crippen LogP) is 5.46. The number of nitrogens with one attached hydrogen (secondary N) is 3. The van der Waals surface area contributed by atoms with Gasteiger partial charge in [0.1, 0.15) is 0 Å². The molecule has 0 atom stereocenters. The first-order chi connectivity index (χ1) is 14.0. The lowest BCUT2D eigenvalue weighted by Gasteiger charge is -2.14. The first kappa shape index (κ1) is 19.0. The van der Waals surface area contributed by atoms with E-state index in [4.69, 9.17) is 11.6 Å². The molecule has 0 aromatic heterocycles. The van der Waals surface area contributed by atoms with E-state index in [0.29, 0.717) is 17.3 Å². The van der Waals surface area contributed by atoms with Gasteiger partial charge in [0.05, 0.1) is 0 Å². The second kappa shape index (κ2) is 7.97. The van der Waals surface area contributed by atoms with Crippen LogP contribution in [0.5, 0.6) is 0 Å². The molecule has 4 rings (SSSR count). The number of halogens is 1. The molecule has 0 saturated heterocycles. The van der Waals surface area contributed by atoms with Crippen LogP contribution in [0, 0.1) is 0 Å². The van der Waals surface area contributed by atoms with Gasteiger partial charge in [-0.25, -0.2) is 4.79 Å². The van der Waals surface area contributed by atoms with E-state index in [1.807, 2.05) is 37.3 Å². The highest BCUT2D eigenvalue weighted by molar-refractivity contribution is 6.30. The fraction of sp³-hybridized carbons (Fsp3) is 0.130. The van der Waals surface area contributed by atoms with Crippen LogP contribution < -0.4 is 16.0 Å². The Bertz CT molecular complexity index is 1110. The summed E-state index contributed by atoms with van der Waals surface area (Å²) >= 11 is 5.96. The normalized spacial score (nSPS) is 12.3. The minimum atomic E-state index is -0.329. The molecule has 0 bridgehead atoms. The lowest BCUT2D eigenvalue weighted by Crippen LogP contribution is -2.20. The highest BCUT2D eigenvalue weighted by atomic mass is 35.5. The molecule has 0 spiro atoms. The summed E-state index contributed by atoms with van der Waals surface area (Å²) in [5.74, 6) is -0.0338. The highest BCUT2D eigenvalue weighted by Crippen LogP contribution is 2.32. The number of hydrogen-bond donors (Lipinski definition) is 3. The van der Waals surface area contributed by atoms with Crippen LogP contribution in [0.3, 0.4) is 0 Å². The van der Waals surface area contributed by atoms with Gasteiger partial charge in [-0.2, -0.15) is 0 Å². The summed E-state index contributed by atoms with van der Waals surface area (Å²) in [5, 5.41) is 9.13. The largest absolute Gasteiger partial charge is 0.348 e. The van der Waals surface area contributed by atoms with Crippen LogP contribution in [0.25, 0.3) is 11.1 Å². The Hall–Kier alpha value is -3.31. The van der Waals surface area contributed by atoms with Gasteiger partial charge in [0.25, 0.3) is 5.91 Å². The van der Waals surface area contributed by atoms with Crippen molar-refractivity contribution in [1.29, 1.82) is 0 Å². The summed E-state index contributed by atoms with van der Waals surface area (Å²) < 4.78 is 0. The van der Waals surface area contributed by atoms with Crippen molar-refractivity contribution in [2.75, 3.05) is 10.6 Å². The van der Waals surface area contributed by atoms with Gasteiger partial charge < -0.3 is 16.0 Å². The molecule has 0 aliphatic carbocycles. The summed E-state index contributed by atoms with van der Waals surface area (Å²) in [6.07, 6.45) is 0.757. The van der Waals surface area contributed by atoms with Crippen molar-refractivity contribution >= 4 is 34.9 Å². The SMILES string of the molecule is CCc1cc(-c2cccc3c2CNC3=O)ccc1NC(=O)Nc1cccc(Cl)c1. The number of aryl methyl sites for hydroxylation is 1. The van der Waals surface area contributed by atoms with Crippen LogP contribution >= 0.6 is 11.6 Å². The lowest BCUT2D eigenvalue weighted by molar-refractivity contribution is 0.0965. The van der Waals surface area contributed by atoms with E-state index in [1.165, 1.54) is 0 Å². The fourth-order valence-corrected chi connectivity index (χ4v) is 3.74. The van der Waals surface area contributed by atoms with Crippen molar-refractivity contribution < 1.29 is 9.59 Å². The molecular formula is C23H20ClN3O2. The van der Waals surface area contributed by atoms with Gasteiger partial charge in [-0.1, -0.05) is 42.8 Å². The topological polar surface area (TPSA) is 70.2 Å². The summed E-state index contributed by atoms with van der Waals surface area (Å²) in [6, 6.07) is 18.4. The molecule has 3 aromatic carbocycles. The van der Waals surface area contributed by atoms with E-state index in [0.717, 1.165) is 39.9 Å². The predicted molar refractivity (Wildman–Crippen MR) is 117 cm³/mol. The third kappa shape index (κ3) is 3.96. The summed E-state index contributed by atoms with van der Waals surface area (Å²) in [7, 11) is 0. The molecule has 0 saturated carbocycles. The smallest absolute Gasteiger partial charge is 0.323 e. The van der Waals surface area contributed by atoms with E-state index in [1.54, 1.807) is 24.3 Å². The van der Waals surface area contributed by atoms with Crippen LogP contribution in [0.15, 0.2) is 60.7 Å². The lowest BCUT2D eigenvalue weighted by atomic mass is 9.94. The maximum absolute atomic E-state index is 12.4. The van der Waals surface area contributed by atoms with Gasteiger partial charge >= 0.3 is 6.03 Å². The Morgan fingerprint density at radius 2 is 1.83 bits per heavy atom.